The van der Waals surface area contributed by atoms with Gasteiger partial charge in [0, 0.05) is 17.8 Å². The summed E-state index contributed by atoms with van der Waals surface area (Å²) in [6.07, 6.45) is 1.34. The molecule has 2 aromatic carbocycles. The van der Waals surface area contributed by atoms with Crippen molar-refractivity contribution in [2.75, 3.05) is 24.9 Å². The highest BCUT2D eigenvalue weighted by Crippen LogP contribution is 2.31. The standard InChI is InChI=1S/C21H22N4O3/c1-13-6-5-7-16(14(13)2)25-21(26)18-11-20(23-12-22-18)24-17-9-8-15(27-3)10-19(17)28-4/h5-12H,1-4H3,(H,25,26)(H,22,23,24). The number of anilines is 3. The van der Waals surface area contributed by atoms with Gasteiger partial charge in [0.25, 0.3) is 5.91 Å². The molecule has 1 amide bonds. The molecule has 0 aliphatic carbocycles. The van der Waals surface area contributed by atoms with Gasteiger partial charge in [-0.1, -0.05) is 12.1 Å². The second-order valence-corrected chi connectivity index (χ2v) is 6.18. The number of aromatic nitrogens is 2. The van der Waals surface area contributed by atoms with E-state index < -0.39 is 0 Å². The van der Waals surface area contributed by atoms with Crippen molar-refractivity contribution in [3.05, 3.63) is 65.6 Å². The Morgan fingerprint density at radius 2 is 1.79 bits per heavy atom. The lowest BCUT2D eigenvalue weighted by molar-refractivity contribution is 0.102. The van der Waals surface area contributed by atoms with Gasteiger partial charge >= 0.3 is 0 Å². The first kappa shape index (κ1) is 19.2. The van der Waals surface area contributed by atoms with E-state index in [0.29, 0.717) is 23.0 Å². The highest BCUT2D eigenvalue weighted by molar-refractivity contribution is 6.03. The van der Waals surface area contributed by atoms with Gasteiger partial charge in [-0.15, -0.1) is 0 Å². The largest absolute Gasteiger partial charge is 0.497 e. The second-order valence-electron chi connectivity index (χ2n) is 6.18. The summed E-state index contributed by atoms with van der Waals surface area (Å²) < 4.78 is 10.6. The summed E-state index contributed by atoms with van der Waals surface area (Å²) >= 11 is 0. The Kier molecular flexibility index (Phi) is 5.74. The van der Waals surface area contributed by atoms with Crippen molar-refractivity contribution in [3.63, 3.8) is 0 Å². The fraction of sp³-hybridized carbons (Fsp3) is 0.190. The predicted octanol–water partition coefficient (Wildman–Crippen LogP) is 4.11. The van der Waals surface area contributed by atoms with Crippen molar-refractivity contribution >= 4 is 23.1 Å². The third-order valence-electron chi connectivity index (χ3n) is 4.42. The SMILES string of the molecule is COc1ccc(Nc2cc(C(=O)Nc3cccc(C)c3C)ncn2)c(OC)c1. The lowest BCUT2D eigenvalue weighted by Gasteiger charge is -2.13. The number of ether oxygens (including phenoxy) is 2. The Morgan fingerprint density at radius 1 is 0.964 bits per heavy atom. The maximum Gasteiger partial charge on any atom is 0.274 e. The number of aryl methyl sites for hydroxylation is 1. The van der Waals surface area contributed by atoms with Crippen LogP contribution in [0.2, 0.25) is 0 Å². The molecule has 28 heavy (non-hydrogen) atoms. The number of methoxy groups -OCH3 is 2. The number of nitrogens with zero attached hydrogens (tertiary/aromatic N) is 2. The van der Waals surface area contributed by atoms with Crippen LogP contribution in [0.15, 0.2) is 48.8 Å². The Bertz CT molecular complexity index is 1000. The number of amides is 1. The van der Waals surface area contributed by atoms with Gasteiger partial charge in [0.15, 0.2) is 0 Å². The zero-order valence-electron chi connectivity index (χ0n) is 16.2. The minimum Gasteiger partial charge on any atom is -0.497 e. The number of carbonyl (C=O) groups is 1. The predicted molar refractivity (Wildman–Crippen MR) is 109 cm³/mol. The topological polar surface area (TPSA) is 85.4 Å². The molecule has 144 valence electrons. The molecular weight excluding hydrogens is 356 g/mol. The fourth-order valence-corrected chi connectivity index (χ4v) is 2.66. The van der Waals surface area contributed by atoms with E-state index >= 15 is 0 Å². The zero-order valence-corrected chi connectivity index (χ0v) is 16.2. The first-order chi connectivity index (χ1) is 13.5. The molecule has 2 N–H and O–H groups in total. The molecule has 0 bridgehead atoms. The van der Waals surface area contributed by atoms with Gasteiger partial charge in [-0.25, -0.2) is 9.97 Å². The average Bonchev–Trinajstić information content (AvgIpc) is 2.72. The third-order valence-corrected chi connectivity index (χ3v) is 4.42. The van der Waals surface area contributed by atoms with Crippen LogP contribution in [0.5, 0.6) is 11.5 Å². The molecule has 1 heterocycles. The van der Waals surface area contributed by atoms with Crippen LogP contribution in [0, 0.1) is 13.8 Å². The van der Waals surface area contributed by atoms with Crippen LogP contribution in [0.4, 0.5) is 17.2 Å². The van der Waals surface area contributed by atoms with Crippen LogP contribution in [0.3, 0.4) is 0 Å². The van der Waals surface area contributed by atoms with E-state index in [9.17, 15) is 4.79 Å². The highest BCUT2D eigenvalue weighted by atomic mass is 16.5. The van der Waals surface area contributed by atoms with Crippen LogP contribution in [-0.2, 0) is 0 Å². The van der Waals surface area contributed by atoms with Crippen LogP contribution < -0.4 is 20.1 Å². The molecule has 0 saturated carbocycles. The van der Waals surface area contributed by atoms with Crippen molar-refractivity contribution in [2.24, 2.45) is 0 Å². The second kappa shape index (κ2) is 8.39. The van der Waals surface area contributed by atoms with Gasteiger partial charge in [0.1, 0.15) is 29.3 Å². The summed E-state index contributed by atoms with van der Waals surface area (Å²) in [6, 6.07) is 12.7. The van der Waals surface area contributed by atoms with Gasteiger partial charge in [0.2, 0.25) is 0 Å². The molecule has 7 nitrogen and oxygen atoms in total. The van der Waals surface area contributed by atoms with E-state index in [1.807, 2.05) is 38.1 Å². The number of hydrogen-bond acceptors (Lipinski definition) is 6. The van der Waals surface area contributed by atoms with Crippen molar-refractivity contribution in [3.8, 4) is 11.5 Å². The number of hydrogen-bond donors (Lipinski definition) is 2. The third kappa shape index (κ3) is 4.20. The normalized spacial score (nSPS) is 10.3. The average molecular weight is 378 g/mol. The highest BCUT2D eigenvalue weighted by Gasteiger charge is 2.12. The molecule has 0 aliphatic rings. The Hall–Kier alpha value is -3.61. The summed E-state index contributed by atoms with van der Waals surface area (Å²) in [5.74, 6) is 1.45. The molecule has 0 unspecified atom stereocenters. The van der Waals surface area contributed by atoms with Crippen molar-refractivity contribution < 1.29 is 14.3 Å². The Balaban J connectivity index is 1.80. The van der Waals surface area contributed by atoms with Crippen LogP contribution in [0.1, 0.15) is 21.6 Å². The minimum atomic E-state index is -0.305. The molecule has 0 aliphatic heterocycles. The number of nitrogens with one attached hydrogen (secondary N) is 2. The van der Waals surface area contributed by atoms with Crippen molar-refractivity contribution in [2.45, 2.75) is 13.8 Å². The monoisotopic (exact) mass is 378 g/mol. The molecule has 0 atom stereocenters. The molecular formula is C21H22N4O3. The van der Waals surface area contributed by atoms with E-state index in [0.717, 1.165) is 16.8 Å². The molecule has 3 aromatic rings. The minimum absolute atomic E-state index is 0.255. The number of rotatable bonds is 6. The van der Waals surface area contributed by atoms with E-state index in [4.69, 9.17) is 9.47 Å². The van der Waals surface area contributed by atoms with Crippen LogP contribution >= 0.6 is 0 Å². The van der Waals surface area contributed by atoms with Gasteiger partial charge in [-0.05, 0) is 43.2 Å². The van der Waals surface area contributed by atoms with E-state index in [2.05, 4.69) is 20.6 Å². The summed E-state index contributed by atoms with van der Waals surface area (Å²) in [4.78, 5) is 20.9. The van der Waals surface area contributed by atoms with E-state index in [-0.39, 0.29) is 11.6 Å². The zero-order chi connectivity index (χ0) is 20.1. The summed E-state index contributed by atoms with van der Waals surface area (Å²) in [5.41, 5.74) is 3.84. The Labute approximate surface area is 163 Å². The van der Waals surface area contributed by atoms with Gasteiger partial charge in [-0.3, -0.25) is 4.79 Å². The quantitative estimate of drug-likeness (QED) is 0.671. The first-order valence-corrected chi connectivity index (χ1v) is 8.70. The summed E-state index contributed by atoms with van der Waals surface area (Å²) in [5, 5.41) is 6.04. The van der Waals surface area contributed by atoms with Gasteiger partial charge in [-0.2, -0.15) is 0 Å². The lowest BCUT2D eigenvalue weighted by Crippen LogP contribution is -2.15. The maximum atomic E-state index is 12.6. The van der Waals surface area contributed by atoms with E-state index in [1.165, 1.54) is 6.33 Å². The maximum absolute atomic E-state index is 12.6. The summed E-state index contributed by atoms with van der Waals surface area (Å²) in [7, 11) is 3.16. The van der Waals surface area contributed by atoms with E-state index in [1.54, 1.807) is 32.4 Å². The Morgan fingerprint density at radius 3 is 2.54 bits per heavy atom. The van der Waals surface area contributed by atoms with Crippen molar-refractivity contribution in [1.29, 1.82) is 0 Å². The number of benzene rings is 2. The smallest absolute Gasteiger partial charge is 0.274 e. The molecule has 0 radical (unpaired) electrons. The molecule has 1 aromatic heterocycles. The number of carbonyl (C=O) groups excluding carboxylic acids is 1. The molecule has 0 spiro atoms. The fourth-order valence-electron chi connectivity index (χ4n) is 2.66. The molecule has 7 heteroatoms. The molecule has 0 fully saturated rings. The van der Waals surface area contributed by atoms with Crippen molar-refractivity contribution in [1.82, 2.24) is 9.97 Å². The van der Waals surface area contributed by atoms with Crippen LogP contribution in [0.25, 0.3) is 0 Å². The van der Waals surface area contributed by atoms with Gasteiger partial charge in [0.05, 0.1) is 19.9 Å². The summed E-state index contributed by atoms with van der Waals surface area (Å²) in [6.45, 7) is 3.97. The van der Waals surface area contributed by atoms with Gasteiger partial charge < -0.3 is 20.1 Å². The molecule has 3 rings (SSSR count). The first-order valence-electron chi connectivity index (χ1n) is 8.70. The lowest BCUT2D eigenvalue weighted by atomic mass is 10.1. The van der Waals surface area contributed by atoms with Crippen LogP contribution in [-0.4, -0.2) is 30.1 Å². The molecule has 0 saturated heterocycles.